The van der Waals surface area contributed by atoms with Crippen molar-refractivity contribution in [2.75, 3.05) is 39.1 Å². The number of hydrogen-bond acceptors (Lipinski definition) is 4. The Hall–Kier alpha value is -2.08. The highest BCUT2D eigenvalue weighted by atomic mass is 16.5. The highest BCUT2D eigenvalue weighted by Gasteiger charge is 2.32. The number of methoxy groups -OCH3 is 1. The third-order valence-electron chi connectivity index (χ3n) is 4.74. The van der Waals surface area contributed by atoms with Crippen molar-refractivity contribution in [1.82, 2.24) is 9.80 Å². The quantitative estimate of drug-likeness (QED) is 0.876. The summed E-state index contributed by atoms with van der Waals surface area (Å²) in [6, 6.07) is 7.52. The van der Waals surface area contributed by atoms with Crippen molar-refractivity contribution >= 4 is 17.5 Å². The SMILES string of the molecule is COc1ccccc1NC(=O)CN1CCCC(N(C)C(=O)C(C)(C)C)C1. The Morgan fingerprint density at radius 3 is 2.65 bits per heavy atom. The lowest BCUT2D eigenvalue weighted by atomic mass is 9.93. The standard InChI is InChI=1S/C20H31N3O3/c1-20(2,3)19(25)22(4)15-9-8-12-23(13-15)14-18(24)21-16-10-6-7-11-17(16)26-5/h6-7,10-11,15H,8-9,12-14H2,1-5H3,(H,21,24). The van der Waals surface area contributed by atoms with Gasteiger partial charge < -0.3 is 15.0 Å². The molecule has 26 heavy (non-hydrogen) atoms. The number of anilines is 1. The fourth-order valence-corrected chi connectivity index (χ4v) is 3.33. The number of hydrogen-bond donors (Lipinski definition) is 1. The molecule has 1 atom stereocenters. The van der Waals surface area contributed by atoms with Crippen LogP contribution in [0.1, 0.15) is 33.6 Å². The topological polar surface area (TPSA) is 61.9 Å². The van der Waals surface area contributed by atoms with E-state index in [1.807, 2.05) is 57.0 Å². The van der Waals surface area contributed by atoms with Crippen LogP contribution in [-0.4, -0.2) is 61.4 Å². The molecule has 1 unspecified atom stereocenters. The molecule has 2 amide bonds. The van der Waals surface area contributed by atoms with Crippen molar-refractivity contribution in [2.45, 2.75) is 39.7 Å². The lowest BCUT2D eigenvalue weighted by Gasteiger charge is -2.39. The van der Waals surface area contributed by atoms with E-state index >= 15 is 0 Å². The molecule has 0 bridgehead atoms. The zero-order valence-electron chi connectivity index (χ0n) is 16.5. The minimum absolute atomic E-state index is 0.0695. The molecular formula is C20H31N3O3. The number of carbonyl (C=O) groups is 2. The molecule has 0 spiro atoms. The summed E-state index contributed by atoms with van der Waals surface area (Å²) in [5.74, 6) is 0.718. The van der Waals surface area contributed by atoms with E-state index in [0.717, 1.165) is 25.9 Å². The average Bonchev–Trinajstić information content (AvgIpc) is 2.60. The van der Waals surface area contributed by atoms with Crippen molar-refractivity contribution in [3.8, 4) is 5.75 Å². The molecular weight excluding hydrogens is 330 g/mol. The van der Waals surface area contributed by atoms with Gasteiger partial charge in [-0.3, -0.25) is 14.5 Å². The summed E-state index contributed by atoms with van der Waals surface area (Å²) in [5, 5.41) is 2.91. The molecule has 0 radical (unpaired) electrons. The summed E-state index contributed by atoms with van der Waals surface area (Å²) in [5.41, 5.74) is 0.284. The van der Waals surface area contributed by atoms with Gasteiger partial charge in [-0.15, -0.1) is 0 Å². The van der Waals surface area contributed by atoms with E-state index in [9.17, 15) is 9.59 Å². The normalized spacial score (nSPS) is 18.3. The average molecular weight is 361 g/mol. The van der Waals surface area contributed by atoms with Gasteiger partial charge in [0.15, 0.2) is 0 Å². The van der Waals surface area contributed by atoms with Crippen LogP contribution < -0.4 is 10.1 Å². The summed E-state index contributed by atoms with van der Waals surface area (Å²) >= 11 is 0. The Labute approximate surface area is 156 Å². The Morgan fingerprint density at radius 1 is 1.31 bits per heavy atom. The second-order valence-corrected chi connectivity index (χ2v) is 7.95. The van der Waals surface area contributed by atoms with Gasteiger partial charge in [0.2, 0.25) is 11.8 Å². The number of amides is 2. The van der Waals surface area contributed by atoms with E-state index in [1.54, 1.807) is 7.11 Å². The first-order valence-electron chi connectivity index (χ1n) is 9.15. The maximum absolute atomic E-state index is 12.5. The van der Waals surface area contributed by atoms with Crippen LogP contribution in [0.3, 0.4) is 0 Å². The molecule has 1 aliphatic rings. The Balaban J connectivity index is 1.93. The first-order chi connectivity index (χ1) is 12.2. The van der Waals surface area contributed by atoms with Crippen LogP contribution in [0.4, 0.5) is 5.69 Å². The van der Waals surface area contributed by atoms with Gasteiger partial charge in [0, 0.05) is 25.0 Å². The van der Waals surface area contributed by atoms with E-state index in [2.05, 4.69) is 10.2 Å². The molecule has 1 heterocycles. The van der Waals surface area contributed by atoms with E-state index in [0.29, 0.717) is 18.0 Å². The molecule has 6 heteroatoms. The van der Waals surface area contributed by atoms with Crippen LogP contribution in [-0.2, 0) is 9.59 Å². The Kier molecular flexibility index (Phi) is 6.64. The molecule has 1 N–H and O–H groups in total. The number of likely N-dealkylation sites (N-methyl/N-ethyl adjacent to an activating group) is 1. The maximum Gasteiger partial charge on any atom is 0.238 e. The molecule has 0 aromatic heterocycles. The Bertz CT molecular complexity index is 639. The molecule has 0 saturated carbocycles. The summed E-state index contributed by atoms with van der Waals surface area (Å²) < 4.78 is 5.27. The molecule has 1 aromatic carbocycles. The van der Waals surface area contributed by atoms with Crippen molar-refractivity contribution in [3.05, 3.63) is 24.3 Å². The minimum atomic E-state index is -0.391. The summed E-state index contributed by atoms with van der Waals surface area (Å²) in [7, 11) is 3.46. The number of benzene rings is 1. The largest absolute Gasteiger partial charge is 0.495 e. The van der Waals surface area contributed by atoms with E-state index < -0.39 is 5.41 Å². The second-order valence-electron chi connectivity index (χ2n) is 7.95. The van der Waals surface area contributed by atoms with E-state index in [1.165, 1.54) is 0 Å². The number of nitrogens with one attached hydrogen (secondary N) is 1. The third kappa shape index (κ3) is 5.21. The first kappa shape index (κ1) is 20.2. The number of para-hydroxylation sites is 2. The van der Waals surface area contributed by atoms with Gasteiger partial charge in [-0.1, -0.05) is 32.9 Å². The summed E-state index contributed by atoms with van der Waals surface area (Å²) in [6.45, 7) is 7.71. The molecule has 1 aliphatic heterocycles. The molecule has 144 valence electrons. The number of carbonyl (C=O) groups excluding carboxylic acids is 2. The van der Waals surface area contributed by atoms with Gasteiger partial charge in [-0.05, 0) is 31.5 Å². The Morgan fingerprint density at radius 2 is 2.00 bits per heavy atom. The number of rotatable bonds is 5. The molecule has 1 fully saturated rings. The predicted octanol–water partition coefficient (Wildman–Crippen LogP) is 2.60. The van der Waals surface area contributed by atoms with Gasteiger partial charge in [0.05, 0.1) is 19.3 Å². The number of likely N-dealkylation sites (tertiary alicyclic amines) is 1. The molecule has 2 rings (SSSR count). The minimum Gasteiger partial charge on any atom is -0.495 e. The smallest absolute Gasteiger partial charge is 0.238 e. The van der Waals surface area contributed by atoms with Crippen LogP contribution >= 0.6 is 0 Å². The van der Waals surface area contributed by atoms with Crippen molar-refractivity contribution in [2.24, 2.45) is 5.41 Å². The van der Waals surface area contributed by atoms with Gasteiger partial charge >= 0.3 is 0 Å². The van der Waals surface area contributed by atoms with E-state index in [-0.39, 0.29) is 17.9 Å². The highest BCUT2D eigenvalue weighted by Crippen LogP contribution is 2.24. The summed E-state index contributed by atoms with van der Waals surface area (Å²) in [4.78, 5) is 28.9. The predicted molar refractivity (Wildman–Crippen MR) is 103 cm³/mol. The highest BCUT2D eigenvalue weighted by molar-refractivity contribution is 5.93. The second kappa shape index (κ2) is 8.54. The fourth-order valence-electron chi connectivity index (χ4n) is 3.33. The van der Waals surface area contributed by atoms with Crippen LogP contribution in [0.2, 0.25) is 0 Å². The van der Waals surface area contributed by atoms with Crippen molar-refractivity contribution in [3.63, 3.8) is 0 Å². The maximum atomic E-state index is 12.5. The fraction of sp³-hybridized carbons (Fsp3) is 0.600. The molecule has 6 nitrogen and oxygen atoms in total. The van der Waals surface area contributed by atoms with Gasteiger partial charge in [0.25, 0.3) is 0 Å². The molecule has 1 aromatic rings. The van der Waals surface area contributed by atoms with E-state index in [4.69, 9.17) is 4.74 Å². The monoisotopic (exact) mass is 361 g/mol. The zero-order chi connectivity index (χ0) is 19.3. The first-order valence-corrected chi connectivity index (χ1v) is 9.15. The molecule has 0 aliphatic carbocycles. The van der Waals surface area contributed by atoms with Crippen molar-refractivity contribution < 1.29 is 14.3 Å². The van der Waals surface area contributed by atoms with Gasteiger partial charge in [-0.25, -0.2) is 0 Å². The van der Waals surface area contributed by atoms with Crippen LogP contribution in [0.15, 0.2) is 24.3 Å². The zero-order valence-corrected chi connectivity index (χ0v) is 16.5. The van der Waals surface area contributed by atoms with Crippen LogP contribution in [0.25, 0.3) is 0 Å². The number of piperidine rings is 1. The lowest BCUT2D eigenvalue weighted by molar-refractivity contribution is -0.141. The van der Waals surface area contributed by atoms with Gasteiger partial charge in [-0.2, -0.15) is 0 Å². The van der Waals surface area contributed by atoms with Gasteiger partial charge in [0.1, 0.15) is 5.75 Å². The third-order valence-corrected chi connectivity index (χ3v) is 4.74. The van der Waals surface area contributed by atoms with Crippen molar-refractivity contribution in [1.29, 1.82) is 0 Å². The van der Waals surface area contributed by atoms with Crippen LogP contribution in [0, 0.1) is 5.41 Å². The lowest BCUT2D eigenvalue weighted by Crippen LogP contribution is -2.52. The van der Waals surface area contributed by atoms with Crippen LogP contribution in [0.5, 0.6) is 5.75 Å². The summed E-state index contributed by atoms with van der Waals surface area (Å²) in [6.07, 6.45) is 1.96. The number of nitrogens with zero attached hydrogens (tertiary/aromatic N) is 2. The molecule has 1 saturated heterocycles. The number of ether oxygens (including phenoxy) is 1.